The highest BCUT2D eigenvalue weighted by Crippen LogP contribution is 2.33. The zero-order valence-electron chi connectivity index (χ0n) is 11.0. The number of hydrogen-bond donors (Lipinski definition) is 1. The van der Waals surface area contributed by atoms with Gasteiger partial charge in [0, 0.05) is 25.2 Å². The number of nitrogens with two attached hydrogens (primary N) is 1. The largest absolute Gasteiger partial charge is 0.329 e. The molecule has 4 nitrogen and oxygen atoms in total. The zero-order chi connectivity index (χ0) is 13.2. The number of imidazole rings is 1. The summed E-state index contributed by atoms with van der Waals surface area (Å²) in [6, 6.07) is 1.89. The van der Waals surface area contributed by atoms with Crippen LogP contribution in [0.5, 0.6) is 0 Å². The molecule has 2 aromatic rings. The predicted octanol–water partition coefficient (Wildman–Crippen LogP) is 3.09. The van der Waals surface area contributed by atoms with Crippen molar-refractivity contribution in [1.29, 1.82) is 0 Å². The van der Waals surface area contributed by atoms with Crippen molar-refractivity contribution < 1.29 is 0 Å². The average molecular weight is 279 g/mol. The number of fused-ring (bicyclic) bond motifs is 1. The molecule has 0 saturated heterocycles. The third-order valence-corrected chi connectivity index (χ3v) is 4.11. The van der Waals surface area contributed by atoms with E-state index in [9.17, 15) is 0 Å². The van der Waals surface area contributed by atoms with E-state index >= 15 is 0 Å². The number of pyridine rings is 1. The van der Waals surface area contributed by atoms with Crippen LogP contribution in [0.25, 0.3) is 11.2 Å². The minimum atomic E-state index is 0.549. The number of aromatic nitrogens is 3. The number of rotatable bonds is 3. The van der Waals surface area contributed by atoms with Crippen LogP contribution in [0.1, 0.15) is 43.8 Å². The van der Waals surface area contributed by atoms with Crippen LogP contribution >= 0.6 is 11.6 Å². The van der Waals surface area contributed by atoms with Crippen LogP contribution < -0.4 is 5.73 Å². The van der Waals surface area contributed by atoms with Crippen LogP contribution in [0.2, 0.25) is 5.02 Å². The van der Waals surface area contributed by atoms with E-state index in [1.807, 2.05) is 6.07 Å². The maximum Gasteiger partial charge on any atom is 0.160 e. The van der Waals surface area contributed by atoms with Gasteiger partial charge in [-0.25, -0.2) is 9.97 Å². The zero-order valence-corrected chi connectivity index (χ0v) is 11.7. The lowest BCUT2D eigenvalue weighted by atomic mass is 9.88. The number of nitrogens with zero attached hydrogens (tertiary/aromatic N) is 3. The fourth-order valence-corrected chi connectivity index (χ4v) is 3.18. The van der Waals surface area contributed by atoms with Crippen LogP contribution in [0.3, 0.4) is 0 Å². The maximum atomic E-state index is 6.01. The first-order valence-corrected chi connectivity index (χ1v) is 7.39. The Morgan fingerprint density at radius 1 is 1.32 bits per heavy atom. The molecule has 2 heterocycles. The summed E-state index contributed by atoms with van der Waals surface area (Å²) in [4.78, 5) is 9.20. The fourth-order valence-electron chi connectivity index (χ4n) is 3.03. The summed E-state index contributed by atoms with van der Waals surface area (Å²) in [6.07, 6.45) is 8.07. The molecule has 1 aliphatic carbocycles. The van der Waals surface area contributed by atoms with Gasteiger partial charge in [-0.15, -0.1) is 0 Å². The molecule has 0 radical (unpaired) electrons. The molecule has 3 rings (SSSR count). The van der Waals surface area contributed by atoms with Crippen LogP contribution in [0.15, 0.2) is 12.3 Å². The van der Waals surface area contributed by atoms with Crippen molar-refractivity contribution in [2.45, 2.75) is 44.6 Å². The minimum Gasteiger partial charge on any atom is -0.329 e. The highest BCUT2D eigenvalue weighted by atomic mass is 35.5. The van der Waals surface area contributed by atoms with Gasteiger partial charge in [0.25, 0.3) is 0 Å². The van der Waals surface area contributed by atoms with Gasteiger partial charge in [0.1, 0.15) is 11.3 Å². The van der Waals surface area contributed by atoms with Crippen LogP contribution in [-0.4, -0.2) is 21.1 Å². The first-order chi connectivity index (χ1) is 9.29. The second-order valence-corrected chi connectivity index (χ2v) is 5.68. The summed E-state index contributed by atoms with van der Waals surface area (Å²) in [5, 5.41) is 0.639. The Bertz CT molecular complexity index is 572. The van der Waals surface area contributed by atoms with E-state index in [-0.39, 0.29) is 0 Å². The molecule has 0 unspecified atom stereocenters. The molecule has 2 N–H and O–H groups in total. The Kier molecular flexibility index (Phi) is 3.71. The van der Waals surface area contributed by atoms with Gasteiger partial charge < -0.3 is 10.3 Å². The third-order valence-electron chi connectivity index (χ3n) is 3.90. The monoisotopic (exact) mass is 278 g/mol. The molecule has 1 aliphatic rings. The molecular weight excluding hydrogens is 260 g/mol. The summed E-state index contributed by atoms with van der Waals surface area (Å²) in [7, 11) is 0. The van der Waals surface area contributed by atoms with E-state index < -0.39 is 0 Å². The Morgan fingerprint density at radius 2 is 2.11 bits per heavy atom. The standard InChI is InChI=1S/C14H19ClN4/c15-11-8-12-14(17-9-11)19(7-6-16)13(18-12)10-4-2-1-3-5-10/h8-10H,1-7,16H2. The van der Waals surface area contributed by atoms with Crippen molar-refractivity contribution in [1.82, 2.24) is 14.5 Å². The molecule has 0 spiro atoms. The predicted molar refractivity (Wildman–Crippen MR) is 77.4 cm³/mol. The van der Waals surface area contributed by atoms with Gasteiger partial charge >= 0.3 is 0 Å². The number of halogens is 1. The Morgan fingerprint density at radius 3 is 2.84 bits per heavy atom. The van der Waals surface area contributed by atoms with Gasteiger partial charge in [-0.1, -0.05) is 30.9 Å². The summed E-state index contributed by atoms with van der Waals surface area (Å²) in [6.45, 7) is 1.38. The summed E-state index contributed by atoms with van der Waals surface area (Å²) < 4.78 is 2.18. The van der Waals surface area contributed by atoms with Gasteiger partial charge in [0.05, 0.1) is 5.02 Å². The smallest absolute Gasteiger partial charge is 0.160 e. The lowest BCUT2D eigenvalue weighted by Crippen LogP contribution is -2.16. The lowest BCUT2D eigenvalue weighted by Gasteiger charge is -2.21. The molecule has 2 aromatic heterocycles. The Labute approximate surface area is 118 Å². The van der Waals surface area contributed by atoms with Crippen LogP contribution in [-0.2, 0) is 6.54 Å². The lowest BCUT2D eigenvalue weighted by molar-refractivity contribution is 0.417. The first-order valence-electron chi connectivity index (χ1n) is 7.01. The van der Waals surface area contributed by atoms with E-state index in [2.05, 4.69) is 9.55 Å². The Hall–Kier alpha value is -1.13. The average Bonchev–Trinajstić information content (AvgIpc) is 2.78. The fraction of sp³-hybridized carbons (Fsp3) is 0.571. The third kappa shape index (κ3) is 2.47. The van der Waals surface area contributed by atoms with Gasteiger partial charge in [0.2, 0.25) is 0 Å². The first kappa shape index (κ1) is 12.9. The highest BCUT2D eigenvalue weighted by Gasteiger charge is 2.22. The molecule has 0 atom stereocenters. The molecule has 5 heteroatoms. The van der Waals surface area contributed by atoms with Gasteiger partial charge in [-0.05, 0) is 18.9 Å². The molecule has 102 valence electrons. The van der Waals surface area contributed by atoms with Crippen LogP contribution in [0, 0.1) is 0 Å². The molecule has 0 bridgehead atoms. The molecular formula is C14H19ClN4. The van der Waals surface area contributed by atoms with E-state index in [0.717, 1.165) is 23.5 Å². The van der Waals surface area contributed by atoms with Crippen molar-refractivity contribution in [3.63, 3.8) is 0 Å². The number of hydrogen-bond acceptors (Lipinski definition) is 3. The Balaban J connectivity index is 2.08. The molecule has 1 saturated carbocycles. The van der Waals surface area contributed by atoms with Gasteiger partial charge in [-0.3, -0.25) is 0 Å². The second kappa shape index (κ2) is 5.47. The highest BCUT2D eigenvalue weighted by molar-refractivity contribution is 6.31. The second-order valence-electron chi connectivity index (χ2n) is 5.24. The SMILES string of the molecule is NCCn1c(C2CCCCC2)nc2cc(Cl)cnc21. The normalized spacial score (nSPS) is 17.2. The molecule has 0 amide bonds. The van der Waals surface area contributed by atoms with Crippen molar-refractivity contribution in [2.75, 3.05) is 6.54 Å². The molecule has 0 aliphatic heterocycles. The van der Waals surface area contributed by atoms with Gasteiger partial charge in [-0.2, -0.15) is 0 Å². The van der Waals surface area contributed by atoms with E-state index in [4.69, 9.17) is 22.3 Å². The molecule has 19 heavy (non-hydrogen) atoms. The van der Waals surface area contributed by atoms with Gasteiger partial charge in [0.15, 0.2) is 5.65 Å². The van der Waals surface area contributed by atoms with Crippen molar-refractivity contribution in [2.24, 2.45) is 5.73 Å². The molecule has 1 fully saturated rings. The minimum absolute atomic E-state index is 0.549. The van der Waals surface area contributed by atoms with Crippen molar-refractivity contribution in [3.8, 4) is 0 Å². The maximum absolute atomic E-state index is 6.01. The van der Waals surface area contributed by atoms with Crippen molar-refractivity contribution >= 4 is 22.8 Å². The van der Waals surface area contributed by atoms with Crippen molar-refractivity contribution in [3.05, 3.63) is 23.1 Å². The van der Waals surface area contributed by atoms with E-state index in [1.165, 1.54) is 32.1 Å². The summed E-state index contributed by atoms with van der Waals surface area (Å²) >= 11 is 6.01. The van der Waals surface area contributed by atoms with E-state index in [1.54, 1.807) is 6.20 Å². The molecule has 0 aromatic carbocycles. The quantitative estimate of drug-likeness (QED) is 0.939. The summed E-state index contributed by atoms with van der Waals surface area (Å²) in [5.74, 6) is 1.70. The topological polar surface area (TPSA) is 56.7 Å². The summed E-state index contributed by atoms with van der Waals surface area (Å²) in [5.41, 5.74) is 7.54. The van der Waals surface area contributed by atoms with E-state index in [0.29, 0.717) is 17.5 Å². The van der Waals surface area contributed by atoms with Crippen LogP contribution in [0.4, 0.5) is 0 Å².